The smallest absolute Gasteiger partial charge is 0.541 e. The van der Waals surface area contributed by atoms with Crippen LogP contribution in [0.2, 0.25) is 0 Å². The lowest BCUT2D eigenvalue weighted by atomic mass is 10.4. The van der Waals surface area contributed by atoms with E-state index in [9.17, 15) is 19.5 Å². The second-order valence-electron chi connectivity index (χ2n) is 5.37. The van der Waals surface area contributed by atoms with Crippen molar-refractivity contribution in [3.8, 4) is 0 Å². The molecule has 0 aromatic heterocycles. The van der Waals surface area contributed by atoms with Crippen LogP contribution in [0, 0.1) is 0 Å². The van der Waals surface area contributed by atoms with E-state index in [0.29, 0.717) is 45.1 Å². The monoisotopic (exact) mass is 451 g/mol. The molecule has 0 aliphatic heterocycles. The molecule has 0 atom stereocenters. The maximum Gasteiger partial charge on any atom is 0.541 e. The second-order valence-corrected chi connectivity index (χ2v) is 5.37. The predicted octanol–water partition coefficient (Wildman–Crippen LogP) is -2.74. The molecule has 12 nitrogen and oxygen atoms in total. The SMILES string of the molecule is C=C(O)/C=C\C(=O)O.NCCCOCCOCCOCCC[NH3+].O=C([O-])/C=C\C(=O)[OH2+]. The Balaban J connectivity index is -0.000000415. The molecule has 0 aromatic rings. The third-order valence-corrected chi connectivity index (χ3v) is 2.56. The molecule has 0 amide bonds. The van der Waals surface area contributed by atoms with Crippen molar-refractivity contribution in [2.45, 2.75) is 12.8 Å². The van der Waals surface area contributed by atoms with Crippen LogP contribution in [0.15, 0.2) is 36.6 Å². The van der Waals surface area contributed by atoms with Crippen molar-refractivity contribution in [1.29, 1.82) is 0 Å². The van der Waals surface area contributed by atoms with Gasteiger partial charge in [0.1, 0.15) is 5.76 Å². The highest BCUT2D eigenvalue weighted by Crippen LogP contribution is 1.84. The standard InChI is InChI=1S/C10H24N2O3.C5H6O3.C4H4O4/c11-3-1-5-13-7-9-15-10-8-14-6-2-4-12;1-4(6)2-3-5(7)8;5-3(6)1-2-4(7)8/h1-12H2;2-3,6H,1H2,(H,7,8);1-2H,(H,5,6)(H,7,8)/p+1/b;3-2-;2-1-. The number of ether oxygens (including phenoxy) is 3. The molecular formula is C19H35N2O10+. The van der Waals surface area contributed by atoms with Crippen LogP contribution in [0.5, 0.6) is 0 Å². The molecule has 0 fully saturated rings. The molecule has 0 unspecified atom stereocenters. The van der Waals surface area contributed by atoms with Crippen molar-refractivity contribution in [2.24, 2.45) is 5.73 Å². The fraction of sp³-hybridized carbons (Fsp3) is 0.526. The molecular weight excluding hydrogens is 416 g/mol. The fourth-order valence-electron chi connectivity index (χ4n) is 1.24. The van der Waals surface area contributed by atoms with Gasteiger partial charge in [0.15, 0.2) is 0 Å². The minimum atomic E-state index is -1.47. The Labute approximate surface area is 181 Å². The summed E-state index contributed by atoms with van der Waals surface area (Å²) in [5.74, 6) is -3.87. The van der Waals surface area contributed by atoms with Gasteiger partial charge in [0.2, 0.25) is 0 Å². The summed E-state index contributed by atoms with van der Waals surface area (Å²) in [5.41, 5.74) is 9.05. The van der Waals surface area contributed by atoms with Crippen molar-refractivity contribution in [2.75, 3.05) is 52.7 Å². The summed E-state index contributed by atoms with van der Waals surface area (Å²) in [5, 5.41) is 31.8. The summed E-state index contributed by atoms with van der Waals surface area (Å²) in [4.78, 5) is 28.8. The molecule has 0 saturated carbocycles. The van der Waals surface area contributed by atoms with Crippen molar-refractivity contribution in [3.63, 3.8) is 0 Å². The van der Waals surface area contributed by atoms with Crippen LogP contribution >= 0.6 is 0 Å². The average Bonchev–Trinajstić information content (AvgIpc) is 2.70. The number of hydrogen-bond donors (Lipinski definition) is 4. The molecule has 0 heterocycles. The molecule has 12 heteroatoms. The molecule has 0 spiro atoms. The Morgan fingerprint density at radius 3 is 1.68 bits per heavy atom. The number of aliphatic carboxylic acids is 2. The van der Waals surface area contributed by atoms with Crippen LogP contribution in [-0.2, 0) is 28.6 Å². The first-order chi connectivity index (χ1) is 14.7. The van der Waals surface area contributed by atoms with Gasteiger partial charge in [0, 0.05) is 23.9 Å². The van der Waals surface area contributed by atoms with E-state index in [0.717, 1.165) is 44.8 Å². The number of carboxylic acids is 2. The minimum absolute atomic E-state index is 0.257. The van der Waals surface area contributed by atoms with Gasteiger partial charge in [0.05, 0.1) is 51.6 Å². The van der Waals surface area contributed by atoms with Gasteiger partial charge in [-0.15, -0.1) is 0 Å². The lowest BCUT2D eigenvalue weighted by Gasteiger charge is -2.05. The molecule has 0 radical (unpaired) electrons. The van der Waals surface area contributed by atoms with Crippen LogP contribution in [0.3, 0.4) is 0 Å². The zero-order valence-electron chi connectivity index (χ0n) is 17.6. The summed E-state index contributed by atoms with van der Waals surface area (Å²) in [7, 11) is 0. The summed E-state index contributed by atoms with van der Waals surface area (Å²) in [6, 6.07) is 0. The van der Waals surface area contributed by atoms with Crippen molar-refractivity contribution < 1.29 is 54.8 Å². The third-order valence-electron chi connectivity index (χ3n) is 2.56. The Hall–Kier alpha value is -2.77. The van der Waals surface area contributed by atoms with E-state index in [1.807, 2.05) is 0 Å². The fourth-order valence-corrected chi connectivity index (χ4v) is 1.24. The van der Waals surface area contributed by atoms with E-state index in [-0.39, 0.29) is 5.76 Å². The largest absolute Gasteiger partial charge is 0.561 e. The molecule has 0 rings (SSSR count). The summed E-state index contributed by atoms with van der Waals surface area (Å²) >= 11 is 0. The number of aliphatic hydroxyl groups is 1. The number of carbonyl (C=O) groups is 3. The van der Waals surface area contributed by atoms with Gasteiger partial charge < -0.3 is 50.9 Å². The molecule has 9 N–H and O–H groups in total. The predicted molar refractivity (Wildman–Crippen MR) is 110 cm³/mol. The number of nitrogens with two attached hydrogens (primary N) is 1. The normalized spacial score (nSPS) is 10.1. The van der Waals surface area contributed by atoms with Gasteiger partial charge in [-0.3, -0.25) is 0 Å². The number of hydrogen-bond acceptors (Lipinski definition) is 9. The Morgan fingerprint density at radius 2 is 1.39 bits per heavy atom. The van der Waals surface area contributed by atoms with Gasteiger partial charge in [0.25, 0.3) is 0 Å². The zero-order valence-corrected chi connectivity index (χ0v) is 17.6. The third kappa shape index (κ3) is 46.9. The van der Waals surface area contributed by atoms with E-state index in [1.165, 1.54) is 0 Å². The summed E-state index contributed by atoms with van der Waals surface area (Å²) in [6.07, 6.45) is 4.85. The first-order valence-corrected chi connectivity index (χ1v) is 9.33. The van der Waals surface area contributed by atoms with E-state index >= 15 is 0 Å². The number of allylic oxidation sites excluding steroid dienone is 1. The molecule has 0 aromatic carbocycles. The zero-order chi connectivity index (χ0) is 24.3. The highest BCUT2D eigenvalue weighted by molar-refractivity contribution is 5.88. The van der Waals surface area contributed by atoms with E-state index < -0.39 is 17.9 Å². The molecule has 0 aliphatic carbocycles. The number of rotatable bonds is 16. The van der Waals surface area contributed by atoms with Crippen LogP contribution < -0.4 is 16.6 Å². The van der Waals surface area contributed by atoms with Crippen molar-refractivity contribution >= 4 is 17.9 Å². The Kier molecular flexibility index (Phi) is 28.9. The quantitative estimate of drug-likeness (QED) is 0.0623. The number of aliphatic hydroxyl groups excluding tert-OH is 1. The summed E-state index contributed by atoms with van der Waals surface area (Å²) < 4.78 is 15.9. The van der Waals surface area contributed by atoms with Gasteiger partial charge in [-0.25, -0.2) is 4.79 Å². The lowest BCUT2D eigenvalue weighted by Crippen LogP contribution is -2.50. The van der Waals surface area contributed by atoms with Gasteiger partial charge in [-0.05, 0) is 25.1 Å². The van der Waals surface area contributed by atoms with Gasteiger partial charge >= 0.3 is 11.9 Å². The molecule has 0 saturated heterocycles. The first-order valence-electron chi connectivity index (χ1n) is 9.33. The molecule has 31 heavy (non-hydrogen) atoms. The summed E-state index contributed by atoms with van der Waals surface area (Å²) in [6.45, 7) is 8.70. The van der Waals surface area contributed by atoms with Crippen molar-refractivity contribution in [3.05, 3.63) is 36.6 Å². The molecule has 0 bridgehead atoms. The lowest BCUT2D eigenvalue weighted by molar-refractivity contribution is -0.369. The molecule has 0 aliphatic rings. The second kappa shape index (κ2) is 27.2. The number of quaternary nitrogens is 1. The highest BCUT2D eigenvalue weighted by atomic mass is 16.5. The highest BCUT2D eigenvalue weighted by Gasteiger charge is 1.93. The van der Waals surface area contributed by atoms with E-state index in [4.69, 9.17) is 35.3 Å². The minimum Gasteiger partial charge on any atom is -0.561 e. The molecule has 180 valence electrons. The van der Waals surface area contributed by atoms with E-state index in [1.54, 1.807) is 0 Å². The Morgan fingerprint density at radius 1 is 0.903 bits per heavy atom. The van der Waals surface area contributed by atoms with Crippen LogP contribution in [0.4, 0.5) is 0 Å². The first kappa shape index (κ1) is 32.9. The Bertz CT molecular complexity index is 458. The maximum atomic E-state index is 9.66. The van der Waals surface area contributed by atoms with Gasteiger partial charge in [-0.2, -0.15) is 0 Å². The number of carboxylic acid groups (broad SMARTS) is 2. The topological polar surface area (TPSA) is 219 Å². The van der Waals surface area contributed by atoms with Gasteiger partial charge in [-0.1, -0.05) is 6.58 Å². The van der Waals surface area contributed by atoms with Crippen LogP contribution in [0.25, 0.3) is 0 Å². The van der Waals surface area contributed by atoms with Crippen LogP contribution in [0.1, 0.15) is 12.8 Å². The number of carbonyl (C=O) groups excluding carboxylic acids is 2. The average molecular weight is 451 g/mol. The van der Waals surface area contributed by atoms with Crippen LogP contribution in [-0.4, -0.2) is 86.0 Å². The van der Waals surface area contributed by atoms with E-state index in [2.05, 4.69) is 12.3 Å². The van der Waals surface area contributed by atoms with Crippen molar-refractivity contribution in [1.82, 2.24) is 0 Å². The maximum absolute atomic E-state index is 9.66.